The first kappa shape index (κ1) is 17.6. The monoisotopic (exact) mass is 401 g/mol. The number of benzene rings is 2. The Hall–Kier alpha value is -2.76. The van der Waals surface area contributed by atoms with Crippen LogP contribution < -0.4 is 10.5 Å². The van der Waals surface area contributed by atoms with Gasteiger partial charge in [-0.15, -0.1) is 17.4 Å². The van der Waals surface area contributed by atoms with Crippen LogP contribution in [0.4, 0.5) is 0 Å². The second-order valence-electron chi connectivity index (χ2n) is 6.17. The SMILES string of the molecule is O=C(O)c1ccccc1-c1c2cc(Cl)c(=O)cc-2oc2c1CC(Cl)C([O-])=C2. The smallest absolute Gasteiger partial charge is 0.336 e. The van der Waals surface area contributed by atoms with Crippen molar-refractivity contribution in [2.45, 2.75) is 11.8 Å². The van der Waals surface area contributed by atoms with Crippen molar-refractivity contribution in [3.8, 4) is 22.5 Å². The Kier molecular flexibility index (Phi) is 4.21. The number of halogens is 2. The molecule has 0 saturated carbocycles. The van der Waals surface area contributed by atoms with E-state index in [1.54, 1.807) is 18.2 Å². The predicted molar refractivity (Wildman–Crippen MR) is 100 cm³/mol. The van der Waals surface area contributed by atoms with Gasteiger partial charge in [0.05, 0.1) is 10.6 Å². The summed E-state index contributed by atoms with van der Waals surface area (Å²) in [6, 6.07) is 9.17. The summed E-state index contributed by atoms with van der Waals surface area (Å²) < 4.78 is 5.76. The molecule has 1 unspecified atom stereocenters. The number of aromatic carboxylic acids is 1. The van der Waals surface area contributed by atoms with E-state index < -0.39 is 16.8 Å². The number of rotatable bonds is 2. The maximum atomic E-state index is 12.0. The summed E-state index contributed by atoms with van der Waals surface area (Å²) in [4.78, 5) is 23.7. The third-order valence-corrected chi connectivity index (χ3v) is 5.18. The Morgan fingerprint density at radius 1 is 1.22 bits per heavy atom. The van der Waals surface area contributed by atoms with Gasteiger partial charge in [-0.1, -0.05) is 29.8 Å². The van der Waals surface area contributed by atoms with E-state index in [2.05, 4.69) is 0 Å². The summed E-state index contributed by atoms with van der Waals surface area (Å²) in [5.74, 6) is -0.920. The number of carboxylic acids is 1. The molecule has 0 radical (unpaired) electrons. The van der Waals surface area contributed by atoms with Gasteiger partial charge in [0.1, 0.15) is 11.5 Å². The normalized spacial score (nSPS) is 16.1. The molecule has 1 heterocycles. The quantitative estimate of drug-likeness (QED) is 0.662. The van der Waals surface area contributed by atoms with Crippen molar-refractivity contribution in [1.29, 1.82) is 0 Å². The Bertz CT molecular complexity index is 1150. The predicted octanol–water partition coefficient (Wildman–Crippen LogP) is 3.63. The number of alkyl halides is 1. The topological polar surface area (TPSA) is 90.6 Å². The maximum Gasteiger partial charge on any atom is 0.336 e. The highest BCUT2D eigenvalue weighted by molar-refractivity contribution is 6.31. The highest BCUT2D eigenvalue weighted by Crippen LogP contribution is 2.43. The summed E-state index contributed by atoms with van der Waals surface area (Å²) >= 11 is 12.2. The van der Waals surface area contributed by atoms with Crippen LogP contribution in [0.3, 0.4) is 0 Å². The van der Waals surface area contributed by atoms with Crippen LogP contribution >= 0.6 is 23.2 Å². The van der Waals surface area contributed by atoms with Gasteiger partial charge in [0.15, 0.2) is 0 Å². The lowest BCUT2D eigenvalue weighted by Gasteiger charge is -2.28. The van der Waals surface area contributed by atoms with Crippen molar-refractivity contribution >= 4 is 35.2 Å². The zero-order valence-electron chi connectivity index (χ0n) is 13.7. The molecule has 1 aromatic carbocycles. The molecule has 0 fully saturated rings. The average molecular weight is 402 g/mol. The molecular formula is C20H11Cl2O5-. The van der Waals surface area contributed by atoms with E-state index in [4.69, 9.17) is 27.6 Å². The molecule has 4 rings (SSSR count). The van der Waals surface area contributed by atoms with Gasteiger partial charge >= 0.3 is 5.97 Å². The Morgan fingerprint density at radius 2 is 1.96 bits per heavy atom. The van der Waals surface area contributed by atoms with Gasteiger partial charge in [-0.05, 0) is 30.2 Å². The standard InChI is InChI=1S/C20H12Cl2O5/c21-13-5-11-17(7-15(13)23)27-18-8-16(24)14(22)6-12(18)19(11)9-3-1-2-4-10(9)20(25)26/h1-5,7-8,14,24H,6H2,(H,25,26)/p-1. The number of allylic oxidation sites excluding steroid dienone is 1. The van der Waals surface area contributed by atoms with E-state index in [0.29, 0.717) is 22.3 Å². The summed E-state index contributed by atoms with van der Waals surface area (Å²) in [6.07, 6.45) is 1.45. The van der Waals surface area contributed by atoms with Crippen molar-refractivity contribution in [3.05, 3.63) is 74.3 Å². The largest absolute Gasteiger partial charge is 0.874 e. The molecule has 0 bridgehead atoms. The van der Waals surface area contributed by atoms with Gasteiger partial charge in [0.25, 0.3) is 0 Å². The minimum atomic E-state index is -1.10. The molecule has 1 aliphatic heterocycles. The van der Waals surface area contributed by atoms with Crippen molar-refractivity contribution in [1.82, 2.24) is 0 Å². The molecule has 5 nitrogen and oxygen atoms in total. The molecule has 1 N–H and O–H groups in total. The number of hydrogen-bond acceptors (Lipinski definition) is 4. The molecule has 0 aromatic heterocycles. The third-order valence-electron chi connectivity index (χ3n) is 4.51. The zero-order chi connectivity index (χ0) is 19.3. The van der Waals surface area contributed by atoms with E-state index in [-0.39, 0.29) is 34.3 Å². The van der Waals surface area contributed by atoms with E-state index in [0.717, 1.165) is 0 Å². The highest BCUT2D eigenvalue weighted by Gasteiger charge is 2.28. The molecule has 2 aliphatic carbocycles. The van der Waals surface area contributed by atoms with Crippen LogP contribution in [0.25, 0.3) is 28.5 Å². The van der Waals surface area contributed by atoms with Crippen molar-refractivity contribution in [2.75, 3.05) is 0 Å². The summed E-state index contributed by atoms with van der Waals surface area (Å²) in [5.41, 5.74) is 1.72. The lowest BCUT2D eigenvalue weighted by atomic mass is 9.86. The number of fused-ring (bicyclic) bond motifs is 2. The van der Waals surface area contributed by atoms with Gasteiger partial charge in [0, 0.05) is 28.1 Å². The van der Waals surface area contributed by atoms with Crippen LogP contribution in [-0.2, 0) is 6.42 Å². The summed E-state index contributed by atoms with van der Waals surface area (Å²) in [7, 11) is 0. The Labute approximate surface area is 163 Å². The van der Waals surface area contributed by atoms with Crippen molar-refractivity contribution in [2.24, 2.45) is 0 Å². The van der Waals surface area contributed by atoms with Crippen LogP contribution in [0.2, 0.25) is 5.02 Å². The number of carboxylic acid groups (broad SMARTS) is 1. The van der Waals surface area contributed by atoms with Gasteiger partial charge in [-0.3, -0.25) is 4.79 Å². The highest BCUT2D eigenvalue weighted by atomic mass is 35.5. The molecule has 7 heteroatoms. The van der Waals surface area contributed by atoms with E-state index in [1.807, 2.05) is 0 Å². The molecular weight excluding hydrogens is 391 g/mol. The fraction of sp³-hybridized carbons (Fsp3) is 0.100. The van der Waals surface area contributed by atoms with E-state index in [9.17, 15) is 19.8 Å². The second kappa shape index (κ2) is 6.44. The van der Waals surface area contributed by atoms with Crippen LogP contribution in [0, 0.1) is 0 Å². The first-order valence-electron chi connectivity index (χ1n) is 8.01. The molecule has 1 atom stereocenters. The van der Waals surface area contributed by atoms with E-state index >= 15 is 0 Å². The summed E-state index contributed by atoms with van der Waals surface area (Å²) in [5, 5.41) is 20.8. The fourth-order valence-corrected chi connectivity index (χ4v) is 3.68. The van der Waals surface area contributed by atoms with E-state index in [1.165, 1.54) is 24.3 Å². The third kappa shape index (κ3) is 2.89. The molecule has 0 saturated heterocycles. The molecule has 136 valence electrons. The lowest BCUT2D eigenvalue weighted by molar-refractivity contribution is -0.304. The Morgan fingerprint density at radius 3 is 2.70 bits per heavy atom. The number of hydrogen-bond donors (Lipinski definition) is 1. The first-order chi connectivity index (χ1) is 12.9. The molecule has 0 spiro atoms. The van der Waals surface area contributed by atoms with Crippen LogP contribution in [0.15, 0.2) is 51.4 Å². The summed E-state index contributed by atoms with van der Waals surface area (Å²) in [6.45, 7) is 0. The Balaban J connectivity index is 2.17. The molecule has 0 amide bonds. The molecule has 3 aliphatic rings. The minimum absolute atomic E-state index is 0.00926. The lowest BCUT2D eigenvalue weighted by Crippen LogP contribution is -2.23. The zero-order valence-corrected chi connectivity index (χ0v) is 15.2. The maximum absolute atomic E-state index is 12.0. The van der Waals surface area contributed by atoms with Crippen LogP contribution in [0.5, 0.6) is 0 Å². The van der Waals surface area contributed by atoms with Gasteiger partial charge in [-0.2, -0.15) is 0 Å². The van der Waals surface area contributed by atoms with Gasteiger partial charge < -0.3 is 14.6 Å². The average Bonchev–Trinajstić information content (AvgIpc) is 2.63. The number of carbonyl (C=O) groups is 1. The van der Waals surface area contributed by atoms with Crippen molar-refractivity contribution in [3.63, 3.8) is 0 Å². The molecule has 1 aromatic rings. The second-order valence-corrected chi connectivity index (χ2v) is 7.10. The van der Waals surface area contributed by atoms with Crippen molar-refractivity contribution < 1.29 is 19.4 Å². The first-order valence-corrected chi connectivity index (χ1v) is 8.83. The molecule has 27 heavy (non-hydrogen) atoms. The van der Waals surface area contributed by atoms with Crippen LogP contribution in [0.1, 0.15) is 21.7 Å². The fourth-order valence-electron chi connectivity index (χ4n) is 3.29. The minimum Gasteiger partial charge on any atom is -0.874 e. The van der Waals surface area contributed by atoms with Gasteiger partial charge in [-0.25, -0.2) is 4.79 Å². The van der Waals surface area contributed by atoms with Crippen LogP contribution in [-0.4, -0.2) is 16.5 Å². The van der Waals surface area contributed by atoms with Gasteiger partial charge in [0.2, 0.25) is 5.43 Å².